The first kappa shape index (κ1) is 29.6. The molecule has 2 aromatic carbocycles. The predicted octanol–water partition coefficient (Wildman–Crippen LogP) is 2.98. The van der Waals surface area contributed by atoms with Gasteiger partial charge in [0.2, 0.25) is 11.8 Å². The van der Waals surface area contributed by atoms with Gasteiger partial charge >= 0.3 is 0 Å². The van der Waals surface area contributed by atoms with Crippen molar-refractivity contribution >= 4 is 29.1 Å². The van der Waals surface area contributed by atoms with Crippen molar-refractivity contribution in [2.24, 2.45) is 0 Å². The molecule has 40 heavy (non-hydrogen) atoms. The maximum absolute atomic E-state index is 13.5. The van der Waals surface area contributed by atoms with Crippen LogP contribution in [0.3, 0.4) is 0 Å². The number of nitrogens with one attached hydrogen (secondary N) is 4. The highest BCUT2D eigenvalue weighted by Crippen LogP contribution is 2.26. The minimum atomic E-state index is -0.943. The van der Waals surface area contributed by atoms with Gasteiger partial charge in [0.05, 0.1) is 18.2 Å². The van der Waals surface area contributed by atoms with Gasteiger partial charge in [-0.1, -0.05) is 49.6 Å². The summed E-state index contributed by atoms with van der Waals surface area (Å²) in [5.74, 6) is -0.367. The quantitative estimate of drug-likeness (QED) is 0.278. The molecule has 0 unspecified atom stereocenters. The molecule has 0 spiro atoms. The monoisotopic (exact) mass is 549 g/mol. The summed E-state index contributed by atoms with van der Waals surface area (Å²) in [4.78, 5) is 40.3. The van der Waals surface area contributed by atoms with Gasteiger partial charge in [-0.05, 0) is 56.4 Å². The van der Waals surface area contributed by atoms with Crippen molar-refractivity contribution < 1.29 is 19.5 Å². The Morgan fingerprint density at radius 3 is 2.48 bits per heavy atom. The lowest BCUT2D eigenvalue weighted by Gasteiger charge is -2.28. The van der Waals surface area contributed by atoms with Crippen LogP contribution >= 0.6 is 0 Å². The van der Waals surface area contributed by atoms with Crippen molar-refractivity contribution in [2.45, 2.75) is 82.5 Å². The largest absolute Gasteiger partial charge is 0.390 e. The van der Waals surface area contributed by atoms with Crippen LogP contribution in [-0.4, -0.2) is 67.2 Å². The van der Waals surface area contributed by atoms with E-state index in [4.69, 9.17) is 0 Å². The van der Waals surface area contributed by atoms with Crippen molar-refractivity contribution in [1.29, 1.82) is 0 Å². The van der Waals surface area contributed by atoms with Crippen LogP contribution in [0, 0.1) is 0 Å². The van der Waals surface area contributed by atoms with Crippen molar-refractivity contribution in [1.82, 2.24) is 16.0 Å². The van der Waals surface area contributed by atoms with Gasteiger partial charge in [0, 0.05) is 49.5 Å². The maximum Gasteiger partial charge on any atom is 0.251 e. The van der Waals surface area contributed by atoms with E-state index in [0.29, 0.717) is 30.6 Å². The van der Waals surface area contributed by atoms with Crippen molar-refractivity contribution in [3.05, 3.63) is 59.7 Å². The smallest absolute Gasteiger partial charge is 0.251 e. The number of aliphatic hydroxyl groups excluding tert-OH is 1. The molecule has 0 bridgehead atoms. The molecule has 1 aliphatic carbocycles. The minimum absolute atomic E-state index is 0.0460. The Bertz CT molecular complexity index is 1150. The molecule has 9 heteroatoms. The summed E-state index contributed by atoms with van der Waals surface area (Å²) < 4.78 is 0. The molecular weight excluding hydrogens is 506 g/mol. The highest BCUT2D eigenvalue weighted by molar-refractivity contribution is 6.00. The van der Waals surface area contributed by atoms with Gasteiger partial charge in [-0.15, -0.1) is 0 Å². The molecule has 216 valence electrons. The van der Waals surface area contributed by atoms with E-state index in [1.165, 1.54) is 6.42 Å². The number of carbonyl (C=O) groups is 3. The van der Waals surface area contributed by atoms with E-state index >= 15 is 0 Å². The average molecular weight is 550 g/mol. The summed E-state index contributed by atoms with van der Waals surface area (Å²) in [6.45, 7) is 2.56. The minimum Gasteiger partial charge on any atom is -0.390 e. The van der Waals surface area contributed by atoms with Gasteiger partial charge in [-0.3, -0.25) is 14.4 Å². The van der Waals surface area contributed by atoms with Gasteiger partial charge in [-0.25, -0.2) is 0 Å². The Hall–Kier alpha value is -3.43. The Labute approximate surface area is 237 Å². The number of benzene rings is 2. The third-order valence-corrected chi connectivity index (χ3v) is 7.91. The molecule has 1 heterocycles. The number of nitrogens with zero attached hydrogens (tertiary/aromatic N) is 1. The second kappa shape index (κ2) is 14.3. The van der Waals surface area contributed by atoms with E-state index in [9.17, 15) is 19.5 Å². The molecule has 5 N–H and O–H groups in total. The molecule has 1 saturated heterocycles. The fourth-order valence-corrected chi connectivity index (χ4v) is 5.47. The molecule has 0 radical (unpaired) electrons. The summed E-state index contributed by atoms with van der Waals surface area (Å²) in [5.41, 5.74) is 2.78. The van der Waals surface area contributed by atoms with Crippen LogP contribution in [0.25, 0.3) is 0 Å². The van der Waals surface area contributed by atoms with Crippen molar-refractivity contribution in [3.8, 4) is 0 Å². The molecule has 2 aliphatic rings. The van der Waals surface area contributed by atoms with Crippen LogP contribution in [0.2, 0.25) is 0 Å². The summed E-state index contributed by atoms with van der Waals surface area (Å²) in [7, 11) is 1.77. The number of aliphatic hydroxyl groups is 1. The van der Waals surface area contributed by atoms with Gasteiger partial charge in [0.25, 0.3) is 5.91 Å². The van der Waals surface area contributed by atoms with E-state index in [1.54, 1.807) is 31.0 Å². The number of hydrogen-bond acceptors (Lipinski definition) is 6. The number of anilines is 2. The van der Waals surface area contributed by atoms with E-state index in [0.717, 1.165) is 43.4 Å². The first-order valence-corrected chi connectivity index (χ1v) is 14.5. The zero-order chi connectivity index (χ0) is 28.5. The summed E-state index contributed by atoms with van der Waals surface area (Å²) in [6, 6.07) is 14.1. The zero-order valence-electron chi connectivity index (χ0n) is 23.6. The molecule has 3 atom stereocenters. The number of rotatable bonds is 12. The van der Waals surface area contributed by atoms with Gasteiger partial charge < -0.3 is 31.3 Å². The fourth-order valence-electron chi connectivity index (χ4n) is 5.47. The maximum atomic E-state index is 13.5. The molecule has 4 rings (SSSR count). The van der Waals surface area contributed by atoms with Gasteiger partial charge in [0.15, 0.2) is 0 Å². The predicted molar refractivity (Wildman–Crippen MR) is 157 cm³/mol. The Balaban J connectivity index is 1.44. The average Bonchev–Trinajstić information content (AvgIpc) is 3.41. The lowest BCUT2D eigenvalue weighted by atomic mass is 9.95. The van der Waals surface area contributed by atoms with Crippen LogP contribution in [-0.2, 0) is 16.0 Å². The standard InChI is InChI=1S/C31H43N5O4/c1-21(30(39)34-24-12-7-4-8-13-24)33-20-28(37)27(16-22-10-5-3-6-11-22)35-31(40)23-17-25(32-2)19-26(18-23)36-15-9-14-29(36)38/h3,5-6,10-11,17-19,21,24,27-28,32-33,37H,4,7-9,12-16,20H2,1-2H3,(H,34,39)(H,35,40)/t21-,27-,28-/m0/s1. The second-order valence-electron chi connectivity index (χ2n) is 11.0. The second-order valence-corrected chi connectivity index (χ2v) is 11.0. The van der Waals surface area contributed by atoms with Crippen LogP contribution in [0.1, 0.15) is 67.8 Å². The Morgan fingerprint density at radius 2 is 1.80 bits per heavy atom. The summed E-state index contributed by atoms with van der Waals surface area (Å²) >= 11 is 0. The normalized spacial score (nSPS) is 18.2. The molecule has 9 nitrogen and oxygen atoms in total. The molecule has 2 aromatic rings. The first-order valence-electron chi connectivity index (χ1n) is 14.5. The number of hydrogen-bond donors (Lipinski definition) is 5. The van der Waals surface area contributed by atoms with Crippen molar-refractivity contribution in [2.75, 3.05) is 30.4 Å². The van der Waals surface area contributed by atoms with Gasteiger partial charge in [0.1, 0.15) is 0 Å². The lowest BCUT2D eigenvalue weighted by Crippen LogP contribution is -2.53. The highest BCUT2D eigenvalue weighted by atomic mass is 16.3. The van der Waals surface area contributed by atoms with E-state index in [-0.39, 0.29) is 30.3 Å². The molecule has 1 saturated carbocycles. The van der Waals surface area contributed by atoms with E-state index in [1.807, 2.05) is 36.4 Å². The zero-order valence-corrected chi connectivity index (χ0v) is 23.6. The lowest BCUT2D eigenvalue weighted by molar-refractivity contribution is -0.123. The Morgan fingerprint density at radius 1 is 1.05 bits per heavy atom. The molecule has 2 fully saturated rings. The van der Waals surface area contributed by atoms with Crippen LogP contribution < -0.4 is 26.2 Å². The molecule has 0 aromatic heterocycles. The van der Waals surface area contributed by atoms with E-state index < -0.39 is 18.2 Å². The highest BCUT2D eigenvalue weighted by Gasteiger charge is 2.27. The Kier molecular flexibility index (Phi) is 10.5. The van der Waals surface area contributed by atoms with Gasteiger partial charge in [-0.2, -0.15) is 0 Å². The molecule has 1 aliphatic heterocycles. The van der Waals surface area contributed by atoms with Crippen LogP contribution in [0.4, 0.5) is 11.4 Å². The van der Waals surface area contributed by atoms with Crippen LogP contribution in [0.15, 0.2) is 48.5 Å². The number of carbonyl (C=O) groups excluding carboxylic acids is 3. The fraction of sp³-hybridized carbons (Fsp3) is 0.516. The van der Waals surface area contributed by atoms with Crippen molar-refractivity contribution in [3.63, 3.8) is 0 Å². The third-order valence-electron chi connectivity index (χ3n) is 7.91. The van der Waals surface area contributed by atoms with Crippen LogP contribution in [0.5, 0.6) is 0 Å². The number of amides is 3. The third kappa shape index (κ3) is 8.05. The molecule has 3 amide bonds. The summed E-state index contributed by atoms with van der Waals surface area (Å²) in [5, 5.41) is 23.6. The first-order chi connectivity index (χ1) is 19.3. The molecular formula is C31H43N5O4. The SMILES string of the molecule is CNc1cc(C(=O)N[C@@H](Cc2ccccc2)[C@@H](O)CN[C@@H](C)C(=O)NC2CCCCC2)cc(N2CCCC2=O)c1. The van der Waals surface area contributed by atoms with E-state index in [2.05, 4.69) is 21.3 Å². The summed E-state index contributed by atoms with van der Waals surface area (Å²) in [6.07, 6.45) is 6.28. The topological polar surface area (TPSA) is 123 Å².